The third-order valence-electron chi connectivity index (χ3n) is 10.5. The molecule has 8 rings (SSSR count). The molecule has 2 aromatic carbocycles. The van der Waals surface area contributed by atoms with Crippen LogP contribution in [0.5, 0.6) is 11.8 Å². The van der Waals surface area contributed by atoms with Crippen molar-refractivity contribution < 1.29 is 27.4 Å². The number of nitrogens with zero attached hydrogens (tertiary/aromatic N) is 5. The van der Waals surface area contributed by atoms with Crippen molar-refractivity contribution in [2.24, 2.45) is 0 Å². The molecule has 4 aromatic rings. The Morgan fingerprint density at radius 2 is 2.02 bits per heavy atom. The van der Waals surface area contributed by atoms with Crippen LogP contribution in [-0.4, -0.2) is 78.2 Å². The molecule has 2 aromatic heterocycles. The van der Waals surface area contributed by atoms with Crippen LogP contribution < -0.4 is 20.1 Å². The summed E-state index contributed by atoms with van der Waals surface area (Å²) in [6, 6.07) is 4.60. The molecule has 0 radical (unpaired) electrons. The van der Waals surface area contributed by atoms with Crippen LogP contribution in [-0.2, 0) is 4.74 Å². The minimum absolute atomic E-state index is 0.0247. The maximum atomic E-state index is 17.1. The Labute approximate surface area is 278 Å². The summed E-state index contributed by atoms with van der Waals surface area (Å²) in [5.41, 5.74) is 5.37. The minimum atomic E-state index is -0.941. The Balaban J connectivity index is 1.33. The van der Waals surface area contributed by atoms with Crippen molar-refractivity contribution in [3.63, 3.8) is 0 Å². The molecule has 5 heterocycles. The zero-order chi connectivity index (χ0) is 32.8. The maximum absolute atomic E-state index is 17.1. The fraction of sp³-hybridized carbons (Fsp3) is 0.485. The van der Waals surface area contributed by atoms with E-state index >= 15 is 4.39 Å². The molecule has 47 heavy (non-hydrogen) atoms. The van der Waals surface area contributed by atoms with Crippen LogP contribution in [0.15, 0.2) is 12.1 Å². The van der Waals surface area contributed by atoms with Crippen molar-refractivity contribution in [2.75, 3.05) is 50.6 Å². The van der Waals surface area contributed by atoms with Crippen molar-refractivity contribution in [3.8, 4) is 29.0 Å². The van der Waals surface area contributed by atoms with Crippen molar-refractivity contribution >= 4 is 54.7 Å². The van der Waals surface area contributed by atoms with Gasteiger partial charge in [0.15, 0.2) is 11.6 Å². The monoisotopic (exact) mass is 684 g/mol. The molecule has 0 amide bonds. The summed E-state index contributed by atoms with van der Waals surface area (Å²) in [4.78, 5) is 13.6. The van der Waals surface area contributed by atoms with Gasteiger partial charge in [0.05, 0.1) is 38.4 Å². The second-order valence-electron chi connectivity index (χ2n) is 13.3. The van der Waals surface area contributed by atoms with E-state index in [0.717, 1.165) is 43.6 Å². The largest absolute Gasteiger partial charge is 0.489 e. The highest BCUT2D eigenvalue weighted by molar-refractivity contribution is 7.23. The van der Waals surface area contributed by atoms with Crippen LogP contribution in [0.3, 0.4) is 0 Å². The van der Waals surface area contributed by atoms with E-state index in [1.807, 2.05) is 13.0 Å². The van der Waals surface area contributed by atoms with E-state index < -0.39 is 23.3 Å². The van der Waals surface area contributed by atoms with E-state index in [1.165, 1.54) is 12.1 Å². The average Bonchev–Trinajstić information content (AvgIpc) is 3.63. The number of halogens is 4. The number of rotatable bonds is 6. The zero-order valence-electron chi connectivity index (χ0n) is 25.8. The molecule has 14 heteroatoms. The van der Waals surface area contributed by atoms with E-state index in [-0.39, 0.29) is 78.9 Å². The topological polar surface area (TPSA) is 110 Å². The highest BCUT2D eigenvalue weighted by Gasteiger charge is 2.50. The van der Waals surface area contributed by atoms with Gasteiger partial charge in [-0.15, -0.1) is 11.3 Å². The average molecular weight is 685 g/mol. The fourth-order valence-corrected chi connectivity index (χ4v) is 9.35. The summed E-state index contributed by atoms with van der Waals surface area (Å²) in [6.45, 7) is 4.01. The molecule has 3 aliphatic heterocycles. The van der Waals surface area contributed by atoms with Gasteiger partial charge in [0.1, 0.15) is 47.6 Å². The number of nitriles is 1. The molecular weight excluding hydrogens is 653 g/mol. The van der Waals surface area contributed by atoms with Crippen molar-refractivity contribution in [2.45, 2.75) is 62.4 Å². The Bertz CT molecular complexity index is 2000. The van der Waals surface area contributed by atoms with E-state index in [4.69, 9.17) is 36.5 Å². The van der Waals surface area contributed by atoms with Crippen molar-refractivity contribution in [3.05, 3.63) is 34.4 Å². The van der Waals surface area contributed by atoms with Gasteiger partial charge in [-0.05, 0) is 50.8 Å². The van der Waals surface area contributed by atoms with Crippen LogP contribution >= 0.6 is 22.9 Å². The Morgan fingerprint density at radius 3 is 2.79 bits per heavy atom. The molecular formula is C33H32ClF3N6O3S. The second-order valence-corrected chi connectivity index (χ2v) is 14.7. The lowest BCUT2D eigenvalue weighted by molar-refractivity contribution is -0.0686. The Hall–Kier alpha value is -3.57. The van der Waals surface area contributed by atoms with Crippen LogP contribution in [0, 0.1) is 23.0 Å². The summed E-state index contributed by atoms with van der Waals surface area (Å²) >= 11 is 7.93. The molecule has 246 valence electrons. The maximum Gasteiger partial charge on any atom is 0.319 e. The summed E-state index contributed by atoms with van der Waals surface area (Å²) in [5.74, 6) is -0.775. The number of aromatic nitrogens is 2. The lowest BCUT2D eigenvalue weighted by atomic mass is 9.76. The molecule has 2 saturated heterocycles. The number of methoxy groups -OCH3 is 1. The predicted octanol–water partition coefficient (Wildman–Crippen LogP) is 6.62. The number of hydrogen-bond acceptors (Lipinski definition) is 10. The number of alkyl halides is 1. The van der Waals surface area contributed by atoms with E-state index in [1.54, 1.807) is 7.11 Å². The van der Waals surface area contributed by atoms with Gasteiger partial charge in [-0.1, -0.05) is 17.7 Å². The molecule has 3 fully saturated rings. The Morgan fingerprint density at radius 1 is 1.21 bits per heavy atom. The molecule has 1 saturated carbocycles. The highest BCUT2D eigenvalue weighted by Crippen LogP contribution is 2.52. The highest BCUT2D eigenvalue weighted by atomic mass is 35.5. The standard InChI is InChI=1S/C33H32ClF3N6O3S/c1-32(44-2)11-17(12-32)43-8-9-45-27-23-26(40-31(41-30(23)43)46-15-33-6-3-7-42(33)14-16(35)10-33)25(37)22(24(27)34)18-4-5-20(36)28-21(18)19(13-38)29(39)47-28/h4-5,16-17H,3,6-12,14-15,39H2,1-2H3/t16-,17?,32?,33+/m1/s1. The van der Waals surface area contributed by atoms with Gasteiger partial charge in [-0.3, -0.25) is 4.90 Å². The molecule has 4 aliphatic rings. The van der Waals surface area contributed by atoms with E-state index in [9.17, 15) is 14.0 Å². The van der Waals surface area contributed by atoms with Gasteiger partial charge < -0.3 is 24.8 Å². The number of nitrogens with two attached hydrogens (primary N) is 1. The fourth-order valence-electron chi connectivity index (χ4n) is 8.07. The second kappa shape index (κ2) is 11.0. The molecule has 0 bridgehead atoms. The number of fused-ring (bicyclic) bond motifs is 2. The van der Waals surface area contributed by atoms with Gasteiger partial charge in [-0.25, -0.2) is 13.2 Å². The van der Waals surface area contributed by atoms with E-state index in [2.05, 4.69) is 14.8 Å². The normalized spacial score (nSPS) is 27.0. The quantitative estimate of drug-likeness (QED) is 0.240. The molecule has 0 spiro atoms. The number of thiophene rings is 1. The van der Waals surface area contributed by atoms with Crippen LogP contribution in [0.2, 0.25) is 5.02 Å². The smallest absolute Gasteiger partial charge is 0.319 e. The van der Waals surface area contributed by atoms with Gasteiger partial charge >= 0.3 is 6.01 Å². The first kappa shape index (κ1) is 30.7. The molecule has 0 unspecified atom stereocenters. The van der Waals surface area contributed by atoms with Crippen molar-refractivity contribution in [1.29, 1.82) is 5.26 Å². The van der Waals surface area contributed by atoms with Crippen molar-refractivity contribution in [1.82, 2.24) is 14.9 Å². The summed E-state index contributed by atoms with van der Waals surface area (Å²) in [6.07, 6.45) is 2.58. The molecule has 1 aliphatic carbocycles. The number of benzene rings is 2. The summed E-state index contributed by atoms with van der Waals surface area (Å²) < 4.78 is 65.0. The van der Waals surface area contributed by atoms with Crippen LogP contribution in [0.4, 0.5) is 24.0 Å². The lowest BCUT2D eigenvalue weighted by Crippen LogP contribution is -2.55. The molecule has 2 atom stereocenters. The number of hydrogen-bond donors (Lipinski definition) is 1. The first-order valence-electron chi connectivity index (χ1n) is 15.7. The third kappa shape index (κ3) is 4.63. The number of nitrogen functional groups attached to an aromatic ring is 1. The molecule has 9 nitrogen and oxygen atoms in total. The first-order chi connectivity index (χ1) is 22.6. The van der Waals surface area contributed by atoms with Crippen LogP contribution in [0.1, 0.15) is 44.6 Å². The molecule has 2 N–H and O–H groups in total. The summed E-state index contributed by atoms with van der Waals surface area (Å²) in [7, 11) is 1.69. The predicted molar refractivity (Wildman–Crippen MR) is 174 cm³/mol. The zero-order valence-corrected chi connectivity index (χ0v) is 27.4. The first-order valence-corrected chi connectivity index (χ1v) is 16.9. The summed E-state index contributed by atoms with van der Waals surface area (Å²) in [5, 5.41) is 10.4. The number of anilines is 2. The van der Waals surface area contributed by atoms with E-state index in [0.29, 0.717) is 30.7 Å². The minimum Gasteiger partial charge on any atom is -0.489 e. The SMILES string of the molecule is COC1(C)CC(N2CCOc3c(Cl)c(-c4ccc(F)c5sc(N)c(C#N)c45)c(F)c4nc(OC[C@@]56CCCN5C[C@H](F)C6)nc2c34)C1. The third-order valence-corrected chi connectivity index (χ3v) is 11.9. The van der Waals surface area contributed by atoms with Gasteiger partial charge in [0, 0.05) is 37.1 Å². The van der Waals surface area contributed by atoms with Gasteiger partial charge in [0.2, 0.25) is 0 Å². The lowest BCUT2D eigenvalue weighted by Gasteiger charge is -2.49. The van der Waals surface area contributed by atoms with Gasteiger partial charge in [-0.2, -0.15) is 15.2 Å². The van der Waals surface area contributed by atoms with Crippen LogP contribution in [0.25, 0.3) is 32.1 Å². The van der Waals surface area contributed by atoms with Gasteiger partial charge in [0.25, 0.3) is 0 Å². The number of ether oxygens (including phenoxy) is 3. The Kier molecular flexibility index (Phi) is 7.18.